The summed E-state index contributed by atoms with van der Waals surface area (Å²) in [5, 5.41) is 10.4. The van der Waals surface area contributed by atoms with Gasteiger partial charge in [-0.3, -0.25) is 0 Å². The topological polar surface area (TPSA) is 20.2 Å². The molecule has 1 unspecified atom stereocenters. The lowest BCUT2D eigenvalue weighted by Gasteiger charge is -2.10. The van der Waals surface area contributed by atoms with Gasteiger partial charge >= 0.3 is 0 Å². The number of halogens is 1. The van der Waals surface area contributed by atoms with Crippen molar-refractivity contribution < 1.29 is 5.11 Å². The molecule has 0 saturated carbocycles. The first-order valence-electron chi connectivity index (χ1n) is 6.33. The van der Waals surface area contributed by atoms with E-state index in [0.29, 0.717) is 0 Å². The standard InChI is InChI=1S/C17H13BrOS/c18-16-11-10-15(20-16)17(19)14-8-6-13(7-9-14)12-4-2-1-3-5-12/h1-11,17,19H. The number of thiophene rings is 1. The van der Waals surface area contributed by atoms with Crippen molar-refractivity contribution in [1.29, 1.82) is 0 Å². The molecule has 0 aliphatic heterocycles. The third-order valence-corrected chi connectivity index (χ3v) is 4.87. The first kappa shape index (κ1) is 13.6. The van der Waals surface area contributed by atoms with Gasteiger partial charge in [-0.05, 0) is 44.8 Å². The smallest absolute Gasteiger partial charge is 0.113 e. The lowest BCUT2D eigenvalue weighted by molar-refractivity contribution is 0.224. The van der Waals surface area contributed by atoms with Gasteiger partial charge in [0, 0.05) is 4.88 Å². The number of rotatable bonds is 3. The molecule has 1 heterocycles. The second-order valence-corrected chi connectivity index (χ2v) is 7.03. The van der Waals surface area contributed by atoms with Crippen molar-refractivity contribution in [1.82, 2.24) is 0 Å². The van der Waals surface area contributed by atoms with Crippen LogP contribution in [0.15, 0.2) is 70.5 Å². The van der Waals surface area contributed by atoms with Gasteiger partial charge in [0.2, 0.25) is 0 Å². The van der Waals surface area contributed by atoms with Crippen molar-refractivity contribution in [3.63, 3.8) is 0 Å². The highest BCUT2D eigenvalue weighted by atomic mass is 79.9. The SMILES string of the molecule is OC(c1ccc(-c2ccccc2)cc1)c1ccc(Br)s1. The number of hydrogen-bond acceptors (Lipinski definition) is 2. The third-order valence-electron chi connectivity index (χ3n) is 3.20. The van der Waals surface area contributed by atoms with Gasteiger partial charge in [0.1, 0.15) is 6.10 Å². The molecule has 20 heavy (non-hydrogen) atoms. The molecule has 2 aromatic carbocycles. The van der Waals surface area contributed by atoms with Crippen LogP contribution in [0.5, 0.6) is 0 Å². The van der Waals surface area contributed by atoms with Gasteiger partial charge < -0.3 is 5.11 Å². The van der Waals surface area contributed by atoms with E-state index in [0.717, 1.165) is 19.8 Å². The van der Waals surface area contributed by atoms with Crippen molar-refractivity contribution in [2.24, 2.45) is 0 Å². The fraction of sp³-hybridized carbons (Fsp3) is 0.0588. The second-order valence-electron chi connectivity index (χ2n) is 4.53. The maximum absolute atomic E-state index is 10.4. The van der Waals surface area contributed by atoms with Crippen molar-refractivity contribution in [3.05, 3.63) is 81.0 Å². The summed E-state index contributed by atoms with van der Waals surface area (Å²) >= 11 is 4.98. The van der Waals surface area contributed by atoms with Crippen LogP contribution < -0.4 is 0 Å². The maximum Gasteiger partial charge on any atom is 0.113 e. The minimum Gasteiger partial charge on any atom is -0.383 e. The van der Waals surface area contributed by atoms with Crippen LogP contribution in [0.1, 0.15) is 16.5 Å². The molecule has 0 aliphatic rings. The Morgan fingerprint density at radius 3 is 2.05 bits per heavy atom. The minimum absolute atomic E-state index is 0.559. The normalized spacial score (nSPS) is 12.3. The van der Waals surface area contributed by atoms with Crippen LogP contribution in [0.2, 0.25) is 0 Å². The van der Waals surface area contributed by atoms with E-state index in [1.807, 2.05) is 42.5 Å². The van der Waals surface area contributed by atoms with E-state index in [1.165, 1.54) is 5.56 Å². The molecule has 0 fully saturated rings. The molecule has 100 valence electrons. The van der Waals surface area contributed by atoms with Gasteiger partial charge in [0.05, 0.1) is 3.79 Å². The molecule has 0 spiro atoms. The van der Waals surface area contributed by atoms with Crippen LogP contribution >= 0.6 is 27.3 Å². The van der Waals surface area contributed by atoms with Gasteiger partial charge in [-0.25, -0.2) is 0 Å². The summed E-state index contributed by atoms with van der Waals surface area (Å²) in [5.74, 6) is 0. The third kappa shape index (κ3) is 2.85. The summed E-state index contributed by atoms with van der Waals surface area (Å²) in [6, 6.07) is 22.2. The molecular formula is C17H13BrOS. The summed E-state index contributed by atoms with van der Waals surface area (Å²) < 4.78 is 1.03. The van der Waals surface area contributed by atoms with E-state index < -0.39 is 6.10 Å². The van der Waals surface area contributed by atoms with Crippen LogP contribution in [0, 0.1) is 0 Å². The molecule has 1 aromatic heterocycles. The Balaban J connectivity index is 1.86. The van der Waals surface area contributed by atoms with Crippen LogP contribution in [0.4, 0.5) is 0 Å². The molecule has 0 amide bonds. The average molecular weight is 345 g/mol. The lowest BCUT2D eigenvalue weighted by atomic mass is 10.0. The Hall–Kier alpha value is -1.42. The highest BCUT2D eigenvalue weighted by molar-refractivity contribution is 9.11. The molecule has 1 N–H and O–H groups in total. The highest BCUT2D eigenvalue weighted by Gasteiger charge is 2.12. The Bertz CT molecular complexity index is 689. The van der Waals surface area contributed by atoms with E-state index in [4.69, 9.17) is 0 Å². The fourth-order valence-electron chi connectivity index (χ4n) is 2.13. The summed E-state index contributed by atoms with van der Waals surface area (Å²) in [6.45, 7) is 0. The quantitative estimate of drug-likeness (QED) is 0.687. The summed E-state index contributed by atoms with van der Waals surface area (Å²) in [5.41, 5.74) is 3.26. The molecule has 0 radical (unpaired) electrons. The van der Waals surface area contributed by atoms with Crippen molar-refractivity contribution in [3.8, 4) is 11.1 Å². The first-order valence-corrected chi connectivity index (χ1v) is 7.94. The molecular weight excluding hydrogens is 332 g/mol. The highest BCUT2D eigenvalue weighted by Crippen LogP contribution is 2.32. The summed E-state index contributed by atoms with van der Waals surface area (Å²) in [7, 11) is 0. The van der Waals surface area contributed by atoms with Gasteiger partial charge in [-0.15, -0.1) is 11.3 Å². The van der Waals surface area contributed by atoms with Crippen LogP contribution in [-0.4, -0.2) is 5.11 Å². The predicted molar refractivity (Wildman–Crippen MR) is 88.0 cm³/mol. The van der Waals surface area contributed by atoms with Crippen LogP contribution in [-0.2, 0) is 0 Å². The second kappa shape index (κ2) is 5.92. The molecule has 0 saturated heterocycles. The zero-order valence-electron chi connectivity index (χ0n) is 10.7. The summed E-state index contributed by atoms with van der Waals surface area (Å²) in [4.78, 5) is 0.948. The number of hydrogen-bond donors (Lipinski definition) is 1. The number of aliphatic hydroxyl groups is 1. The Labute approximate surface area is 130 Å². The van der Waals surface area contributed by atoms with E-state index in [2.05, 4.69) is 40.2 Å². The van der Waals surface area contributed by atoms with E-state index >= 15 is 0 Å². The number of benzene rings is 2. The molecule has 1 nitrogen and oxygen atoms in total. The molecule has 3 aromatic rings. The van der Waals surface area contributed by atoms with Gasteiger partial charge in [-0.1, -0.05) is 54.6 Å². The van der Waals surface area contributed by atoms with Crippen LogP contribution in [0.25, 0.3) is 11.1 Å². The minimum atomic E-state index is -0.559. The maximum atomic E-state index is 10.4. The average Bonchev–Trinajstić information content (AvgIpc) is 2.94. The zero-order valence-corrected chi connectivity index (χ0v) is 13.1. The van der Waals surface area contributed by atoms with Gasteiger partial charge in [0.15, 0.2) is 0 Å². The molecule has 0 aliphatic carbocycles. The predicted octanol–water partition coefficient (Wildman–Crippen LogP) is 5.26. The molecule has 3 heteroatoms. The van der Waals surface area contributed by atoms with E-state index in [1.54, 1.807) is 11.3 Å². The lowest BCUT2D eigenvalue weighted by Crippen LogP contribution is -1.96. The molecule has 1 atom stereocenters. The first-order chi connectivity index (χ1) is 9.74. The zero-order chi connectivity index (χ0) is 13.9. The summed E-state index contributed by atoms with van der Waals surface area (Å²) in [6.07, 6.45) is -0.559. The van der Waals surface area contributed by atoms with Crippen LogP contribution in [0.3, 0.4) is 0 Å². The van der Waals surface area contributed by atoms with E-state index in [-0.39, 0.29) is 0 Å². The fourth-order valence-corrected chi connectivity index (χ4v) is 3.57. The molecule has 0 bridgehead atoms. The Kier molecular flexibility index (Phi) is 4.01. The Morgan fingerprint density at radius 1 is 0.800 bits per heavy atom. The van der Waals surface area contributed by atoms with Crippen molar-refractivity contribution >= 4 is 27.3 Å². The Morgan fingerprint density at radius 2 is 1.45 bits per heavy atom. The van der Waals surface area contributed by atoms with Crippen molar-refractivity contribution in [2.45, 2.75) is 6.10 Å². The number of aliphatic hydroxyl groups excluding tert-OH is 1. The van der Waals surface area contributed by atoms with Gasteiger partial charge in [-0.2, -0.15) is 0 Å². The largest absolute Gasteiger partial charge is 0.383 e. The monoisotopic (exact) mass is 344 g/mol. The van der Waals surface area contributed by atoms with E-state index in [9.17, 15) is 5.11 Å². The van der Waals surface area contributed by atoms with Crippen molar-refractivity contribution in [2.75, 3.05) is 0 Å². The van der Waals surface area contributed by atoms with Gasteiger partial charge in [0.25, 0.3) is 0 Å². The molecule has 3 rings (SSSR count).